The number of hydrogen-bond donors (Lipinski definition) is 0. The third-order valence-corrected chi connectivity index (χ3v) is 4.80. The lowest BCUT2D eigenvalue weighted by Crippen LogP contribution is -2.48. The van der Waals surface area contributed by atoms with Crippen LogP contribution >= 0.6 is 0 Å². The zero-order chi connectivity index (χ0) is 18.0. The molecule has 0 N–H and O–H groups in total. The number of likely N-dealkylation sites (tertiary alicyclic amines) is 1. The molecule has 9 heteroatoms. The molecule has 1 aromatic heterocycles. The molecule has 0 spiro atoms. The number of nitrogens with zero attached hydrogens (tertiary/aromatic N) is 4. The number of hydrogen-bond acceptors (Lipinski definition) is 6. The summed E-state index contributed by atoms with van der Waals surface area (Å²) in [5, 5.41) is 8.18. The molecule has 2 heterocycles. The van der Waals surface area contributed by atoms with E-state index in [-0.39, 0.29) is 18.5 Å². The van der Waals surface area contributed by atoms with Crippen LogP contribution in [0, 0.1) is 0 Å². The van der Waals surface area contributed by atoms with Crippen LogP contribution < -0.4 is 0 Å². The van der Waals surface area contributed by atoms with Gasteiger partial charge in [0, 0.05) is 12.6 Å². The Balaban J connectivity index is 1.87. The van der Waals surface area contributed by atoms with E-state index in [1.807, 2.05) is 13.0 Å². The van der Waals surface area contributed by atoms with Crippen LogP contribution in [-0.4, -0.2) is 59.2 Å². The highest BCUT2D eigenvalue weighted by Gasteiger charge is 2.32. The monoisotopic (exact) mass is 364 g/mol. The summed E-state index contributed by atoms with van der Waals surface area (Å²) in [6.07, 6.45) is 4.86. The molecule has 1 aliphatic rings. The molecule has 3 rings (SSSR count). The van der Waals surface area contributed by atoms with Crippen molar-refractivity contribution in [3.05, 3.63) is 42.2 Å². The van der Waals surface area contributed by atoms with Gasteiger partial charge in [-0.1, -0.05) is 12.1 Å². The van der Waals surface area contributed by atoms with E-state index in [1.165, 1.54) is 4.80 Å². The maximum Gasteiger partial charge on any atom is 0.264 e. The van der Waals surface area contributed by atoms with Crippen molar-refractivity contribution in [3.63, 3.8) is 0 Å². The van der Waals surface area contributed by atoms with Crippen LogP contribution in [0.4, 0.5) is 0 Å². The Hall–Kier alpha value is -2.26. The van der Waals surface area contributed by atoms with E-state index in [4.69, 9.17) is 4.18 Å². The highest BCUT2D eigenvalue weighted by molar-refractivity contribution is 7.86. The van der Waals surface area contributed by atoms with Gasteiger partial charge in [0.2, 0.25) is 0 Å². The summed E-state index contributed by atoms with van der Waals surface area (Å²) in [5.74, 6) is -0.192. The highest BCUT2D eigenvalue weighted by atomic mass is 32.2. The van der Waals surface area contributed by atoms with Gasteiger partial charge in [0.05, 0.1) is 36.0 Å². The van der Waals surface area contributed by atoms with Gasteiger partial charge in [-0.05, 0) is 31.9 Å². The van der Waals surface area contributed by atoms with Gasteiger partial charge in [-0.2, -0.15) is 23.4 Å². The Bertz CT molecular complexity index is 851. The lowest BCUT2D eigenvalue weighted by Gasteiger charge is -2.37. The van der Waals surface area contributed by atoms with Crippen LogP contribution in [0.5, 0.6) is 0 Å². The first-order valence-electron chi connectivity index (χ1n) is 8.00. The predicted octanol–water partition coefficient (Wildman–Crippen LogP) is 1.24. The molecule has 8 nitrogen and oxygen atoms in total. The Morgan fingerprint density at radius 3 is 2.56 bits per heavy atom. The summed E-state index contributed by atoms with van der Waals surface area (Å²) in [7, 11) is -3.56. The summed E-state index contributed by atoms with van der Waals surface area (Å²) in [6, 6.07) is 7.07. The van der Waals surface area contributed by atoms with E-state index in [2.05, 4.69) is 10.2 Å². The molecule has 1 unspecified atom stereocenters. The second-order valence-electron chi connectivity index (χ2n) is 6.14. The summed E-state index contributed by atoms with van der Waals surface area (Å²) >= 11 is 0. The molecule has 0 saturated carbocycles. The molecule has 0 radical (unpaired) electrons. The minimum absolute atomic E-state index is 0.00875. The van der Waals surface area contributed by atoms with Crippen molar-refractivity contribution in [1.29, 1.82) is 0 Å². The minimum Gasteiger partial charge on any atom is -0.333 e. The summed E-state index contributed by atoms with van der Waals surface area (Å²) < 4.78 is 27.9. The average Bonchev–Trinajstić information content (AvgIpc) is 3.09. The molecule has 1 aromatic carbocycles. The first kappa shape index (κ1) is 17.6. The lowest BCUT2D eigenvalue weighted by molar-refractivity contribution is 0.0401. The van der Waals surface area contributed by atoms with Crippen molar-refractivity contribution < 1.29 is 17.4 Å². The second kappa shape index (κ2) is 6.93. The van der Waals surface area contributed by atoms with E-state index < -0.39 is 16.2 Å². The number of carbonyl (C=O) groups is 1. The third-order valence-electron chi connectivity index (χ3n) is 4.18. The molecule has 2 aromatic rings. The largest absolute Gasteiger partial charge is 0.333 e. The fraction of sp³-hybridized carbons (Fsp3) is 0.438. The minimum atomic E-state index is -3.56. The molecule has 0 bridgehead atoms. The van der Waals surface area contributed by atoms with Crippen LogP contribution in [0.3, 0.4) is 0 Å². The highest BCUT2D eigenvalue weighted by Crippen LogP contribution is 2.24. The molecular formula is C16H20N4O4S. The van der Waals surface area contributed by atoms with Gasteiger partial charge in [-0.25, -0.2) is 0 Å². The Morgan fingerprint density at radius 1 is 1.20 bits per heavy atom. The molecule has 2 atom stereocenters. The lowest BCUT2D eigenvalue weighted by atomic mass is 10.00. The van der Waals surface area contributed by atoms with Gasteiger partial charge >= 0.3 is 0 Å². The summed E-state index contributed by atoms with van der Waals surface area (Å²) in [5.41, 5.74) is 1.04. The van der Waals surface area contributed by atoms with Crippen molar-refractivity contribution in [2.75, 3.05) is 12.8 Å². The van der Waals surface area contributed by atoms with Gasteiger partial charge in [0.15, 0.2) is 0 Å². The fourth-order valence-corrected chi connectivity index (χ4v) is 3.66. The topological polar surface area (TPSA) is 94.4 Å². The van der Waals surface area contributed by atoms with Crippen molar-refractivity contribution >= 4 is 16.0 Å². The zero-order valence-corrected chi connectivity index (χ0v) is 14.9. The summed E-state index contributed by atoms with van der Waals surface area (Å²) in [6.45, 7) is 2.18. The van der Waals surface area contributed by atoms with Crippen LogP contribution in [0.15, 0.2) is 36.7 Å². The first-order chi connectivity index (χ1) is 11.8. The quantitative estimate of drug-likeness (QED) is 0.758. The first-order valence-corrected chi connectivity index (χ1v) is 9.82. The fourth-order valence-electron chi connectivity index (χ4n) is 3.01. The summed E-state index contributed by atoms with van der Waals surface area (Å²) in [4.78, 5) is 16.1. The Kier molecular flexibility index (Phi) is 4.87. The maximum atomic E-state index is 13.1. The van der Waals surface area contributed by atoms with Gasteiger partial charge in [0.25, 0.3) is 16.0 Å². The standard InChI is InChI=1S/C16H20N4O4S/c1-12-7-8-13(24-25(2,22)23)11-19(12)16(21)14-5-3-4-6-15(14)20-17-9-10-18-20/h3-6,9-10,12-13H,7-8,11H2,1-2H3/t12-,13?/m1/s1. The van der Waals surface area contributed by atoms with E-state index in [0.717, 1.165) is 6.26 Å². The Labute approximate surface area is 146 Å². The number of para-hydroxylation sites is 1. The maximum absolute atomic E-state index is 13.1. The molecule has 1 fully saturated rings. The molecule has 25 heavy (non-hydrogen) atoms. The number of rotatable bonds is 4. The molecule has 0 aliphatic carbocycles. The number of amides is 1. The number of piperidine rings is 1. The van der Waals surface area contributed by atoms with Crippen molar-refractivity contribution in [3.8, 4) is 5.69 Å². The number of benzene rings is 1. The molecule has 134 valence electrons. The molecular weight excluding hydrogens is 344 g/mol. The number of aromatic nitrogens is 3. The van der Waals surface area contributed by atoms with Crippen LogP contribution in [0.1, 0.15) is 30.1 Å². The van der Waals surface area contributed by atoms with E-state index in [1.54, 1.807) is 35.5 Å². The van der Waals surface area contributed by atoms with Crippen molar-refractivity contribution in [1.82, 2.24) is 19.9 Å². The number of carbonyl (C=O) groups excluding carboxylic acids is 1. The van der Waals surface area contributed by atoms with Crippen molar-refractivity contribution in [2.24, 2.45) is 0 Å². The van der Waals surface area contributed by atoms with Crippen LogP contribution in [0.2, 0.25) is 0 Å². The van der Waals surface area contributed by atoms with Gasteiger partial charge in [-0.3, -0.25) is 8.98 Å². The van der Waals surface area contributed by atoms with Crippen LogP contribution in [-0.2, 0) is 14.3 Å². The molecule has 1 saturated heterocycles. The van der Waals surface area contributed by atoms with E-state index in [0.29, 0.717) is 24.1 Å². The average molecular weight is 364 g/mol. The van der Waals surface area contributed by atoms with E-state index >= 15 is 0 Å². The van der Waals surface area contributed by atoms with E-state index in [9.17, 15) is 13.2 Å². The SMILES string of the molecule is C[C@@H]1CCC(OS(C)(=O)=O)CN1C(=O)c1ccccc1-n1nccn1. The van der Waals surface area contributed by atoms with Gasteiger partial charge in [-0.15, -0.1) is 0 Å². The predicted molar refractivity (Wildman–Crippen MR) is 90.8 cm³/mol. The Morgan fingerprint density at radius 2 is 1.88 bits per heavy atom. The molecule has 1 amide bonds. The zero-order valence-electron chi connectivity index (χ0n) is 14.1. The third kappa shape index (κ3) is 4.05. The second-order valence-corrected chi connectivity index (χ2v) is 7.74. The van der Waals surface area contributed by atoms with Gasteiger partial charge < -0.3 is 4.90 Å². The molecule has 1 aliphatic heterocycles. The van der Waals surface area contributed by atoms with Gasteiger partial charge in [0.1, 0.15) is 0 Å². The smallest absolute Gasteiger partial charge is 0.264 e. The van der Waals surface area contributed by atoms with Crippen LogP contribution in [0.25, 0.3) is 5.69 Å². The normalized spacial score (nSPS) is 21.3. The van der Waals surface area contributed by atoms with Crippen molar-refractivity contribution in [2.45, 2.75) is 31.9 Å².